The van der Waals surface area contributed by atoms with Crippen LogP contribution in [0.1, 0.15) is 12.8 Å². The second kappa shape index (κ2) is 7.24. The average Bonchev–Trinajstić information content (AvgIpc) is 3.04. The first-order valence-corrected chi connectivity index (χ1v) is 8.00. The standard InChI is InChI=1S/C19H14F3NO4/c20-12-8-11(9-4-2-1-3-5-9)15(21)16(22)17(12)23-18(25)14-10(19(26)27)6-7-13(14)24/h1-5,8,13,24H,6-7H2,(H,23,25)(H,26,27). The monoisotopic (exact) mass is 377 g/mol. The van der Waals surface area contributed by atoms with Gasteiger partial charge >= 0.3 is 5.97 Å². The van der Waals surface area contributed by atoms with Crippen LogP contribution in [0.25, 0.3) is 11.1 Å². The van der Waals surface area contributed by atoms with Crippen LogP contribution in [0.5, 0.6) is 0 Å². The smallest absolute Gasteiger partial charge is 0.332 e. The number of halogens is 3. The molecule has 140 valence electrons. The van der Waals surface area contributed by atoms with E-state index in [-0.39, 0.29) is 29.5 Å². The van der Waals surface area contributed by atoms with Crippen LogP contribution in [-0.2, 0) is 9.59 Å². The molecule has 0 bridgehead atoms. The lowest BCUT2D eigenvalue weighted by molar-refractivity contribution is -0.133. The molecule has 0 saturated carbocycles. The number of carbonyl (C=O) groups excluding carboxylic acids is 1. The molecule has 0 spiro atoms. The largest absolute Gasteiger partial charge is 0.478 e. The van der Waals surface area contributed by atoms with Gasteiger partial charge in [-0.3, -0.25) is 4.79 Å². The number of hydrogen-bond acceptors (Lipinski definition) is 3. The number of carboxylic acids is 1. The fourth-order valence-electron chi connectivity index (χ4n) is 2.99. The Labute approximate surface area is 151 Å². The minimum absolute atomic E-state index is 0.00332. The van der Waals surface area contributed by atoms with E-state index in [0.29, 0.717) is 0 Å². The molecule has 0 radical (unpaired) electrons. The molecule has 1 aliphatic carbocycles. The van der Waals surface area contributed by atoms with Gasteiger partial charge in [-0.15, -0.1) is 0 Å². The number of nitrogens with one attached hydrogen (secondary N) is 1. The van der Waals surface area contributed by atoms with E-state index in [9.17, 15) is 27.9 Å². The summed E-state index contributed by atoms with van der Waals surface area (Å²) < 4.78 is 43.1. The Morgan fingerprint density at radius 3 is 2.37 bits per heavy atom. The highest BCUT2D eigenvalue weighted by Gasteiger charge is 2.33. The van der Waals surface area contributed by atoms with E-state index >= 15 is 0 Å². The molecular formula is C19H14F3NO4. The highest BCUT2D eigenvalue weighted by molar-refractivity contribution is 6.10. The number of anilines is 1. The van der Waals surface area contributed by atoms with E-state index in [1.165, 1.54) is 12.1 Å². The maximum absolute atomic E-state index is 14.4. The number of carbonyl (C=O) groups is 2. The van der Waals surface area contributed by atoms with Gasteiger partial charge in [0.1, 0.15) is 5.69 Å². The van der Waals surface area contributed by atoms with Crippen molar-refractivity contribution in [2.75, 3.05) is 5.32 Å². The molecule has 27 heavy (non-hydrogen) atoms. The van der Waals surface area contributed by atoms with E-state index in [4.69, 9.17) is 5.11 Å². The van der Waals surface area contributed by atoms with Gasteiger partial charge < -0.3 is 15.5 Å². The van der Waals surface area contributed by atoms with Gasteiger partial charge in [-0.2, -0.15) is 0 Å². The summed E-state index contributed by atoms with van der Waals surface area (Å²) in [6.07, 6.45) is -1.45. The molecule has 0 saturated heterocycles. The van der Waals surface area contributed by atoms with Crippen molar-refractivity contribution in [2.24, 2.45) is 0 Å². The summed E-state index contributed by atoms with van der Waals surface area (Å²) >= 11 is 0. The number of carboxylic acid groups (broad SMARTS) is 1. The van der Waals surface area contributed by atoms with Crippen molar-refractivity contribution in [3.63, 3.8) is 0 Å². The van der Waals surface area contributed by atoms with Crippen molar-refractivity contribution in [1.29, 1.82) is 0 Å². The Morgan fingerprint density at radius 1 is 1.07 bits per heavy atom. The number of rotatable bonds is 4. The summed E-state index contributed by atoms with van der Waals surface area (Å²) in [5.74, 6) is -6.82. The number of aliphatic hydroxyl groups is 1. The fourth-order valence-corrected chi connectivity index (χ4v) is 2.99. The molecule has 1 atom stereocenters. The van der Waals surface area contributed by atoms with Crippen molar-refractivity contribution < 1.29 is 33.0 Å². The molecule has 2 aromatic rings. The van der Waals surface area contributed by atoms with Gasteiger partial charge in [0.15, 0.2) is 17.5 Å². The minimum atomic E-state index is -1.62. The number of aliphatic hydroxyl groups excluding tert-OH is 1. The van der Waals surface area contributed by atoms with Crippen LogP contribution < -0.4 is 5.32 Å². The van der Waals surface area contributed by atoms with Crippen LogP contribution in [0.15, 0.2) is 47.5 Å². The van der Waals surface area contributed by atoms with Crippen LogP contribution in [0.4, 0.5) is 18.9 Å². The van der Waals surface area contributed by atoms with Gasteiger partial charge in [0.2, 0.25) is 0 Å². The lowest BCUT2D eigenvalue weighted by Crippen LogP contribution is -2.24. The topological polar surface area (TPSA) is 86.6 Å². The number of aliphatic carboxylic acids is 1. The Hall–Kier alpha value is -3.13. The zero-order valence-electron chi connectivity index (χ0n) is 13.8. The normalized spacial score (nSPS) is 16.5. The molecule has 1 aliphatic rings. The van der Waals surface area contributed by atoms with Crippen LogP contribution in [-0.4, -0.2) is 28.2 Å². The second-order valence-electron chi connectivity index (χ2n) is 5.98. The van der Waals surface area contributed by atoms with Gasteiger partial charge in [0.05, 0.1) is 11.7 Å². The van der Waals surface area contributed by atoms with Crippen molar-refractivity contribution in [3.05, 3.63) is 65.0 Å². The number of benzene rings is 2. The highest BCUT2D eigenvalue weighted by Crippen LogP contribution is 2.33. The second-order valence-corrected chi connectivity index (χ2v) is 5.98. The summed E-state index contributed by atoms with van der Waals surface area (Å²) in [7, 11) is 0. The van der Waals surface area contributed by atoms with Gasteiger partial charge in [-0.25, -0.2) is 18.0 Å². The molecule has 1 unspecified atom stereocenters. The van der Waals surface area contributed by atoms with Gasteiger partial charge in [-0.1, -0.05) is 30.3 Å². The number of hydrogen-bond donors (Lipinski definition) is 3. The van der Waals surface area contributed by atoms with Gasteiger partial charge in [0, 0.05) is 11.1 Å². The lowest BCUT2D eigenvalue weighted by atomic mass is 10.0. The molecule has 5 nitrogen and oxygen atoms in total. The first-order valence-electron chi connectivity index (χ1n) is 8.00. The van der Waals surface area contributed by atoms with Crippen LogP contribution in [0.2, 0.25) is 0 Å². The molecule has 1 amide bonds. The van der Waals surface area contributed by atoms with E-state index in [0.717, 1.165) is 6.07 Å². The zero-order chi connectivity index (χ0) is 19.7. The third-order valence-electron chi connectivity index (χ3n) is 4.31. The summed E-state index contributed by atoms with van der Waals surface area (Å²) in [6.45, 7) is 0. The van der Waals surface area contributed by atoms with E-state index in [1.54, 1.807) is 18.2 Å². The molecule has 0 aromatic heterocycles. The molecule has 2 aromatic carbocycles. The lowest BCUT2D eigenvalue weighted by Gasteiger charge is -2.14. The first kappa shape index (κ1) is 18.7. The van der Waals surface area contributed by atoms with Crippen molar-refractivity contribution in [3.8, 4) is 11.1 Å². The summed E-state index contributed by atoms with van der Waals surface area (Å²) in [4.78, 5) is 23.4. The molecular weight excluding hydrogens is 363 g/mol. The van der Waals surface area contributed by atoms with Crippen LogP contribution in [0.3, 0.4) is 0 Å². The van der Waals surface area contributed by atoms with Gasteiger partial charge in [0.25, 0.3) is 5.91 Å². The first-order chi connectivity index (χ1) is 12.8. The van der Waals surface area contributed by atoms with E-state index < -0.39 is 46.7 Å². The Morgan fingerprint density at radius 2 is 1.74 bits per heavy atom. The molecule has 3 N–H and O–H groups in total. The molecule has 8 heteroatoms. The Kier molecular flexibility index (Phi) is 5.00. The summed E-state index contributed by atoms with van der Waals surface area (Å²) in [6, 6.07) is 8.47. The minimum Gasteiger partial charge on any atom is -0.478 e. The van der Waals surface area contributed by atoms with E-state index in [2.05, 4.69) is 0 Å². The molecule has 0 fully saturated rings. The summed E-state index contributed by atoms with van der Waals surface area (Å²) in [5, 5.41) is 20.7. The van der Waals surface area contributed by atoms with Crippen molar-refractivity contribution >= 4 is 17.6 Å². The Bertz CT molecular complexity index is 957. The van der Waals surface area contributed by atoms with E-state index in [1.807, 2.05) is 5.32 Å². The van der Waals surface area contributed by atoms with Crippen molar-refractivity contribution in [1.82, 2.24) is 0 Å². The molecule has 0 heterocycles. The maximum atomic E-state index is 14.4. The van der Waals surface area contributed by atoms with Gasteiger partial charge in [-0.05, 0) is 24.5 Å². The zero-order valence-corrected chi connectivity index (χ0v) is 13.8. The molecule has 0 aliphatic heterocycles. The third kappa shape index (κ3) is 3.43. The quantitative estimate of drug-likeness (QED) is 0.714. The van der Waals surface area contributed by atoms with Crippen LogP contribution in [0, 0.1) is 17.5 Å². The predicted molar refractivity (Wildman–Crippen MR) is 90.3 cm³/mol. The average molecular weight is 377 g/mol. The predicted octanol–water partition coefficient (Wildman–Crippen LogP) is 3.25. The number of amides is 1. The maximum Gasteiger partial charge on any atom is 0.332 e. The third-order valence-corrected chi connectivity index (χ3v) is 4.31. The highest BCUT2D eigenvalue weighted by atomic mass is 19.2. The van der Waals surface area contributed by atoms with Crippen molar-refractivity contribution in [2.45, 2.75) is 18.9 Å². The Balaban J connectivity index is 1.99. The molecule has 3 rings (SSSR count). The van der Waals surface area contributed by atoms with Crippen LogP contribution >= 0.6 is 0 Å². The SMILES string of the molecule is O=C(O)C1=C(C(=O)Nc2c(F)cc(-c3ccccc3)c(F)c2F)C(O)CC1. The summed E-state index contributed by atoms with van der Waals surface area (Å²) in [5.41, 5.74) is -1.97. The fraction of sp³-hybridized carbons (Fsp3) is 0.158.